The number of halogens is 4. The second-order valence-electron chi connectivity index (χ2n) is 10.7. The second kappa shape index (κ2) is 9.77. The largest absolute Gasteiger partial charge is 0.383 e. The van der Waals surface area contributed by atoms with Gasteiger partial charge in [0, 0.05) is 41.5 Å². The molecule has 2 aromatic carbocycles. The van der Waals surface area contributed by atoms with Crippen molar-refractivity contribution in [3.05, 3.63) is 75.7 Å². The van der Waals surface area contributed by atoms with E-state index in [4.69, 9.17) is 23.2 Å². The number of aromatic nitrogens is 1. The summed E-state index contributed by atoms with van der Waals surface area (Å²) in [7, 11) is 0. The number of alkyl halides is 2. The maximum atomic E-state index is 13.7. The average Bonchev–Trinajstić information content (AvgIpc) is 3.24. The topological polar surface area (TPSA) is 88.0 Å². The molecule has 0 spiro atoms. The lowest BCUT2D eigenvalue weighted by molar-refractivity contribution is 0.0724. The first kappa shape index (κ1) is 26.3. The molecule has 38 heavy (non-hydrogen) atoms. The van der Waals surface area contributed by atoms with Crippen LogP contribution in [0.2, 0.25) is 10.0 Å². The molecule has 3 aromatic rings. The standard InChI is InChI=1S/C27H27Cl2F2N7/c1-26(2,3)14-34-23-15(11-32)12-33-24-18(23)8-16(9-20(24)29)35-25(17-6-4-5-7-19(17)28)21-13-38(37-36-21)22-10-27(22,30)31/h4-9,12-13,22,25,35-37H,10,14H2,1-3H3,(H,33,34). The first-order chi connectivity index (χ1) is 18.0. The summed E-state index contributed by atoms with van der Waals surface area (Å²) < 4.78 is 27.4. The number of hydrazine groups is 2. The second-order valence-corrected chi connectivity index (χ2v) is 11.5. The van der Waals surface area contributed by atoms with Crippen molar-refractivity contribution < 1.29 is 8.78 Å². The van der Waals surface area contributed by atoms with Crippen LogP contribution >= 0.6 is 23.2 Å². The highest BCUT2D eigenvalue weighted by Crippen LogP contribution is 2.46. The number of hydrogen-bond acceptors (Lipinski definition) is 7. The zero-order valence-corrected chi connectivity index (χ0v) is 22.6. The van der Waals surface area contributed by atoms with Gasteiger partial charge in [-0.1, -0.05) is 62.2 Å². The Morgan fingerprint density at radius 1 is 1.24 bits per heavy atom. The van der Waals surface area contributed by atoms with Crippen LogP contribution in [0.25, 0.3) is 10.9 Å². The lowest BCUT2D eigenvalue weighted by atomic mass is 9.96. The molecule has 198 valence electrons. The number of hydrogen-bond donors (Lipinski definition) is 4. The van der Waals surface area contributed by atoms with Crippen molar-refractivity contribution in [3.8, 4) is 6.07 Å². The summed E-state index contributed by atoms with van der Waals surface area (Å²) in [5.74, 6) is -2.73. The van der Waals surface area contributed by atoms with E-state index in [1.165, 1.54) is 11.2 Å². The molecule has 2 aliphatic rings. The molecule has 1 aromatic heterocycles. The summed E-state index contributed by atoms with van der Waals surface area (Å²) in [5.41, 5.74) is 9.40. The fourth-order valence-electron chi connectivity index (χ4n) is 4.33. The van der Waals surface area contributed by atoms with Gasteiger partial charge in [0.25, 0.3) is 5.92 Å². The van der Waals surface area contributed by atoms with Crippen molar-refractivity contribution in [1.82, 2.24) is 21.0 Å². The van der Waals surface area contributed by atoms with Crippen LogP contribution in [-0.2, 0) is 0 Å². The lowest BCUT2D eigenvalue weighted by Gasteiger charge is -2.24. The molecule has 0 bridgehead atoms. The number of nitrogens with one attached hydrogen (secondary N) is 4. The number of fused-ring (bicyclic) bond motifs is 1. The summed E-state index contributed by atoms with van der Waals surface area (Å²) in [5, 5.41) is 19.6. The SMILES string of the molecule is CC(C)(C)CNc1c(C#N)cnc2c(Cl)cc(NC(C3=CN(C4CC4(F)F)NN3)c3ccccc3Cl)cc12. The zero-order chi connectivity index (χ0) is 27.2. The average molecular weight is 558 g/mol. The van der Waals surface area contributed by atoms with Crippen molar-refractivity contribution in [2.75, 3.05) is 17.2 Å². The Bertz CT molecular complexity index is 1460. The number of nitriles is 1. The molecular formula is C27H27Cl2F2N7. The van der Waals surface area contributed by atoms with E-state index in [1.807, 2.05) is 24.3 Å². The Morgan fingerprint density at radius 2 is 1.97 bits per heavy atom. The minimum atomic E-state index is -2.73. The van der Waals surface area contributed by atoms with Crippen LogP contribution in [0, 0.1) is 16.7 Å². The molecule has 11 heteroatoms. The molecule has 1 fully saturated rings. The Hall–Kier alpha value is -3.32. The van der Waals surface area contributed by atoms with E-state index in [0.29, 0.717) is 50.1 Å². The number of nitrogens with zero attached hydrogens (tertiary/aromatic N) is 3. The zero-order valence-electron chi connectivity index (χ0n) is 21.0. The third-order valence-electron chi connectivity index (χ3n) is 6.42. The van der Waals surface area contributed by atoms with E-state index >= 15 is 0 Å². The summed E-state index contributed by atoms with van der Waals surface area (Å²) in [4.78, 5) is 4.42. The van der Waals surface area contributed by atoms with Crippen LogP contribution in [0.5, 0.6) is 0 Å². The fourth-order valence-corrected chi connectivity index (χ4v) is 4.84. The van der Waals surface area contributed by atoms with E-state index in [1.54, 1.807) is 18.3 Å². The predicted molar refractivity (Wildman–Crippen MR) is 147 cm³/mol. The number of pyridine rings is 1. The minimum absolute atomic E-state index is 0.0328. The van der Waals surface area contributed by atoms with Crippen LogP contribution in [0.15, 0.2) is 54.5 Å². The van der Waals surface area contributed by atoms with Gasteiger partial charge in [0.2, 0.25) is 0 Å². The number of rotatable bonds is 7. The summed E-state index contributed by atoms with van der Waals surface area (Å²) in [6.07, 6.45) is 2.93. The molecule has 2 heterocycles. The minimum Gasteiger partial charge on any atom is -0.383 e. The molecule has 4 N–H and O–H groups in total. The van der Waals surface area contributed by atoms with E-state index in [-0.39, 0.29) is 11.8 Å². The first-order valence-electron chi connectivity index (χ1n) is 12.1. The van der Waals surface area contributed by atoms with Gasteiger partial charge in [0.05, 0.1) is 33.5 Å². The molecule has 1 saturated carbocycles. The van der Waals surface area contributed by atoms with Gasteiger partial charge in [0.1, 0.15) is 12.1 Å². The highest BCUT2D eigenvalue weighted by atomic mass is 35.5. The molecule has 5 rings (SSSR count). The third kappa shape index (κ3) is 5.30. The molecular weight excluding hydrogens is 531 g/mol. The van der Waals surface area contributed by atoms with Gasteiger partial charge in [0.15, 0.2) is 0 Å². The summed E-state index contributed by atoms with van der Waals surface area (Å²) in [6.45, 7) is 6.92. The van der Waals surface area contributed by atoms with Gasteiger partial charge < -0.3 is 16.1 Å². The summed E-state index contributed by atoms with van der Waals surface area (Å²) >= 11 is 13.2. The molecule has 0 radical (unpaired) electrons. The van der Waals surface area contributed by atoms with Gasteiger partial charge in [-0.05, 0) is 29.2 Å². The fraction of sp³-hybridized carbons (Fsp3) is 0.333. The molecule has 7 nitrogen and oxygen atoms in total. The lowest BCUT2D eigenvalue weighted by Crippen LogP contribution is -2.40. The van der Waals surface area contributed by atoms with Crippen molar-refractivity contribution >= 4 is 45.5 Å². The van der Waals surface area contributed by atoms with Crippen LogP contribution in [0.3, 0.4) is 0 Å². The maximum Gasteiger partial charge on any atom is 0.272 e. The highest BCUT2D eigenvalue weighted by molar-refractivity contribution is 6.36. The van der Waals surface area contributed by atoms with Crippen molar-refractivity contribution in [3.63, 3.8) is 0 Å². The summed E-state index contributed by atoms with van der Waals surface area (Å²) in [6, 6.07) is 11.7. The van der Waals surface area contributed by atoms with E-state index in [9.17, 15) is 14.0 Å². The van der Waals surface area contributed by atoms with Gasteiger partial charge >= 0.3 is 0 Å². The van der Waals surface area contributed by atoms with Gasteiger partial charge in [-0.3, -0.25) is 9.99 Å². The molecule has 2 atom stereocenters. The Labute approximate surface area is 229 Å². The Balaban J connectivity index is 1.56. The monoisotopic (exact) mass is 557 g/mol. The normalized spacial score (nSPS) is 18.9. The molecule has 1 aliphatic heterocycles. The van der Waals surface area contributed by atoms with Crippen molar-refractivity contribution in [2.24, 2.45) is 5.41 Å². The number of anilines is 2. The van der Waals surface area contributed by atoms with Crippen molar-refractivity contribution in [2.45, 2.75) is 45.2 Å². The van der Waals surface area contributed by atoms with Gasteiger partial charge in [-0.15, -0.1) is 5.53 Å². The molecule has 2 unspecified atom stereocenters. The van der Waals surface area contributed by atoms with E-state index in [0.717, 1.165) is 5.56 Å². The van der Waals surface area contributed by atoms with Crippen molar-refractivity contribution in [1.29, 1.82) is 5.26 Å². The highest BCUT2D eigenvalue weighted by Gasteiger charge is 2.60. The van der Waals surface area contributed by atoms with Crippen LogP contribution in [-0.4, -0.2) is 28.5 Å². The maximum absolute atomic E-state index is 13.7. The Morgan fingerprint density at radius 3 is 2.63 bits per heavy atom. The van der Waals surface area contributed by atoms with Crippen LogP contribution in [0.4, 0.5) is 20.2 Å². The number of benzene rings is 2. The Kier molecular flexibility index (Phi) is 6.76. The molecule has 0 saturated heterocycles. The third-order valence-corrected chi connectivity index (χ3v) is 7.05. The predicted octanol–water partition coefficient (Wildman–Crippen LogP) is 6.60. The van der Waals surface area contributed by atoms with Gasteiger partial charge in [-0.25, -0.2) is 8.78 Å². The van der Waals surface area contributed by atoms with Crippen LogP contribution < -0.4 is 21.6 Å². The first-order valence-corrected chi connectivity index (χ1v) is 12.9. The molecule has 1 aliphatic carbocycles. The smallest absolute Gasteiger partial charge is 0.272 e. The van der Waals surface area contributed by atoms with E-state index in [2.05, 4.69) is 53.4 Å². The molecule has 0 amide bonds. The van der Waals surface area contributed by atoms with E-state index < -0.39 is 18.0 Å². The quantitative estimate of drug-likeness (QED) is 0.260. The van der Waals surface area contributed by atoms with Gasteiger partial charge in [-0.2, -0.15) is 5.26 Å². The van der Waals surface area contributed by atoms with Crippen LogP contribution in [0.1, 0.15) is 44.4 Å².